The lowest BCUT2D eigenvalue weighted by Crippen LogP contribution is -2.00. The van der Waals surface area contributed by atoms with Gasteiger partial charge in [-0.1, -0.05) is 11.6 Å². The van der Waals surface area contributed by atoms with Crippen molar-refractivity contribution in [1.29, 1.82) is 0 Å². The Labute approximate surface area is 98.2 Å². The van der Waals surface area contributed by atoms with Crippen molar-refractivity contribution < 1.29 is 0 Å². The van der Waals surface area contributed by atoms with Crippen LogP contribution < -0.4 is 11.1 Å². The number of nitrogens with one attached hydrogen (secondary N) is 1. The molecule has 1 heterocycles. The number of aromatic nitrogens is 3. The Morgan fingerprint density at radius 2 is 2.06 bits per heavy atom. The second-order valence-corrected chi connectivity index (χ2v) is 3.87. The van der Waals surface area contributed by atoms with Crippen LogP contribution in [-0.2, 0) is 7.05 Å². The van der Waals surface area contributed by atoms with Crippen molar-refractivity contribution in [3.8, 4) is 11.4 Å². The van der Waals surface area contributed by atoms with E-state index in [0.717, 1.165) is 11.4 Å². The lowest BCUT2D eigenvalue weighted by atomic mass is 10.2. The van der Waals surface area contributed by atoms with Gasteiger partial charge in [0, 0.05) is 30.4 Å². The zero-order chi connectivity index (χ0) is 11.7. The Kier molecular flexibility index (Phi) is 2.70. The molecule has 16 heavy (non-hydrogen) atoms. The summed E-state index contributed by atoms with van der Waals surface area (Å²) in [6, 6.07) is 5.32. The van der Waals surface area contributed by atoms with E-state index >= 15 is 0 Å². The number of benzene rings is 1. The number of rotatable bonds is 2. The highest BCUT2D eigenvalue weighted by Crippen LogP contribution is 2.25. The molecule has 0 saturated carbocycles. The van der Waals surface area contributed by atoms with E-state index in [2.05, 4.69) is 15.5 Å². The Morgan fingerprint density at radius 3 is 2.62 bits per heavy atom. The van der Waals surface area contributed by atoms with E-state index in [0.29, 0.717) is 16.7 Å². The van der Waals surface area contributed by atoms with Crippen LogP contribution >= 0.6 is 11.6 Å². The molecule has 3 N–H and O–H groups in total. The van der Waals surface area contributed by atoms with Crippen molar-refractivity contribution in [2.24, 2.45) is 7.05 Å². The molecule has 84 valence electrons. The van der Waals surface area contributed by atoms with Crippen molar-refractivity contribution in [3.05, 3.63) is 23.2 Å². The molecular weight excluding hydrogens is 226 g/mol. The van der Waals surface area contributed by atoms with Gasteiger partial charge in [-0.25, -0.2) is 0 Å². The standard InChI is InChI=1S/C10H12ClN5/c1-13-10-15-14-9(16(10)2)6-3-7(11)5-8(12)4-6/h3-5H,12H2,1-2H3,(H,13,15). The summed E-state index contributed by atoms with van der Waals surface area (Å²) in [5, 5.41) is 11.6. The second kappa shape index (κ2) is 4.02. The molecule has 0 aliphatic heterocycles. The smallest absolute Gasteiger partial charge is 0.224 e. The first-order chi connectivity index (χ1) is 7.61. The summed E-state index contributed by atoms with van der Waals surface area (Å²) in [5.41, 5.74) is 7.19. The second-order valence-electron chi connectivity index (χ2n) is 3.43. The Hall–Kier alpha value is -1.75. The number of hydrogen-bond acceptors (Lipinski definition) is 4. The molecule has 0 aliphatic rings. The summed E-state index contributed by atoms with van der Waals surface area (Å²) in [6.07, 6.45) is 0. The van der Waals surface area contributed by atoms with Crippen molar-refractivity contribution in [1.82, 2.24) is 14.8 Å². The average molecular weight is 238 g/mol. The number of anilines is 2. The monoisotopic (exact) mass is 237 g/mol. The van der Waals surface area contributed by atoms with Gasteiger partial charge >= 0.3 is 0 Å². The third-order valence-corrected chi connectivity index (χ3v) is 2.49. The van der Waals surface area contributed by atoms with Gasteiger partial charge in [0.15, 0.2) is 5.82 Å². The number of nitrogen functional groups attached to an aromatic ring is 1. The first-order valence-corrected chi connectivity index (χ1v) is 5.13. The molecule has 0 fully saturated rings. The molecule has 6 heteroatoms. The summed E-state index contributed by atoms with van der Waals surface area (Å²) in [7, 11) is 3.67. The van der Waals surface area contributed by atoms with Gasteiger partial charge < -0.3 is 11.1 Å². The predicted octanol–water partition coefficient (Wildman–Crippen LogP) is 1.76. The topological polar surface area (TPSA) is 68.8 Å². The summed E-state index contributed by atoms with van der Waals surface area (Å²) in [5.74, 6) is 1.41. The highest BCUT2D eigenvalue weighted by Gasteiger charge is 2.10. The van der Waals surface area contributed by atoms with Gasteiger partial charge in [-0.2, -0.15) is 0 Å². The van der Waals surface area contributed by atoms with E-state index in [4.69, 9.17) is 17.3 Å². The van der Waals surface area contributed by atoms with Crippen molar-refractivity contribution in [2.45, 2.75) is 0 Å². The van der Waals surface area contributed by atoms with Crippen LogP contribution in [0.4, 0.5) is 11.6 Å². The maximum absolute atomic E-state index is 5.94. The highest BCUT2D eigenvalue weighted by atomic mass is 35.5. The van der Waals surface area contributed by atoms with E-state index in [1.54, 1.807) is 19.2 Å². The molecule has 5 nitrogen and oxygen atoms in total. The summed E-state index contributed by atoms with van der Waals surface area (Å²) < 4.78 is 1.84. The highest BCUT2D eigenvalue weighted by molar-refractivity contribution is 6.31. The molecule has 0 atom stereocenters. The Bertz CT molecular complexity index is 500. The van der Waals surface area contributed by atoms with E-state index in [9.17, 15) is 0 Å². The van der Waals surface area contributed by atoms with E-state index in [1.807, 2.05) is 17.7 Å². The lowest BCUT2D eigenvalue weighted by Gasteiger charge is -2.04. The van der Waals surface area contributed by atoms with Gasteiger partial charge in [0.1, 0.15) is 0 Å². The van der Waals surface area contributed by atoms with Gasteiger partial charge in [0.05, 0.1) is 0 Å². The molecule has 0 unspecified atom stereocenters. The van der Waals surface area contributed by atoms with Crippen LogP contribution in [0.5, 0.6) is 0 Å². The van der Waals surface area contributed by atoms with E-state index < -0.39 is 0 Å². The Morgan fingerprint density at radius 1 is 1.31 bits per heavy atom. The minimum Gasteiger partial charge on any atom is -0.399 e. The largest absolute Gasteiger partial charge is 0.399 e. The Balaban J connectivity index is 2.54. The molecular formula is C10H12ClN5. The molecule has 0 radical (unpaired) electrons. The minimum atomic E-state index is 0.587. The van der Waals surface area contributed by atoms with Gasteiger partial charge in [0.25, 0.3) is 0 Å². The normalized spacial score (nSPS) is 10.4. The zero-order valence-corrected chi connectivity index (χ0v) is 9.78. The first kappa shape index (κ1) is 10.8. The molecule has 0 bridgehead atoms. The molecule has 2 rings (SSSR count). The number of nitrogens with zero attached hydrogens (tertiary/aromatic N) is 3. The van der Waals surface area contributed by atoms with E-state index in [-0.39, 0.29) is 0 Å². The fourth-order valence-corrected chi connectivity index (χ4v) is 1.78. The first-order valence-electron chi connectivity index (χ1n) is 4.75. The summed E-state index contributed by atoms with van der Waals surface area (Å²) in [6.45, 7) is 0. The van der Waals surface area contributed by atoms with Gasteiger partial charge in [-0.05, 0) is 18.2 Å². The predicted molar refractivity (Wildman–Crippen MR) is 65.4 cm³/mol. The van der Waals surface area contributed by atoms with Gasteiger partial charge in [0.2, 0.25) is 5.95 Å². The molecule has 0 spiro atoms. The van der Waals surface area contributed by atoms with Crippen molar-refractivity contribution in [2.75, 3.05) is 18.1 Å². The molecule has 0 aliphatic carbocycles. The molecule has 0 amide bonds. The molecule has 0 saturated heterocycles. The van der Waals surface area contributed by atoms with Crippen LogP contribution in [0.25, 0.3) is 11.4 Å². The summed E-state index contributed by atoms with van der Waals surface area (Å²) >= 11 is 5.94. The van der Waals surface area contributed by atoms with Crippen LogP contribution in [0.1, 0.15) is 0 Å². The molecule has 1 aromatic heterocycles. The van der Waals surface area contributed by atoms with Gasteiger partial charge in [-0.15, -0.1) is 10.2 Å². The van der Waals surface area contributed by atoms with Crippen LogP contribution in [0, 0.1) is 0 Å². The maximum atomic E-state index is 5.94. The minimum absolute atomic E-state index is 0.587. The van der Waals surface area contributed by atoms with Crippen LogP contribution in [0.2, 0.25) is 5.02 Å². The average Bonchev–Trinajstić information content (AvgIpc) is 2.58. The SMILES string of the molecule is CNc1nnc(-c2cc(N)cc(Cl)c2)n1C. The third kappa shape index (κ3) is 1.81. The lowest BCUT2D eigenvalue weighted by molar-refractivity contribution is 0.925. The quantitative estimate of drug-likeness (QED) is 0.781. The van der Waals surface area contributed by atoms with E-state index in [1.165, 1.54) is 0 Å². The van der Waals surface area contributed by atoms with Crippen molar-refractivity contribution >= 4 is 23.2 Å². The molecule has 2 aromatic rings. The maximum Gasteiger partial charge on any atom is 0.224 e. The van der Waals surface area contributed by atoms with Gasteiger partial charge in [-0.3, -0.25) is 4.57 Å². The number of nitrogens with two attached hydrogens (primary N) is 1. The van der Waals surface area contributed by atoms with Crippen LogP contribution in [0.3, 0.4) is 0 Å². The zero-order valence-electron chi connectivity index (χ0n) is 9.03. The fraction of sp³-hybridized carbons (Fsp3) is 0.200. The molecule has 1 aromatic carbocycles. The summed E-state index contributed by atoms with van der Waals surface area (Å²) in [4.78, 5) is 0. The van der Waals surface area contributed by atoms with Crippen molar-refractivity contribution in [3.63, 3.8) is 0 Å². The number of halogens is 1. The fourth-order valence-electron chi connectivity index (χ4n) is 1.54. The third-order valence-electron chi connectivity index (χ3n) is 2.28. The number of hydrogen-bond donors (Lipinski definition) is 2. The van der Waals surface area contributed by atoms with Crippen LogP contribution in [0.15, 0.2) is 18.2 Å². The van der Waals surface area contributed by atoms with Crippen LogP contribution in [-0.4, -0.2) is 21.8 Å².